The van der Waals surface area contributed by atoms with E-state index in [-0.39, 0.29) is 0 Å². The van der Waals surface area contributed by atoms with Gasteiger partial charge >= 0.3 is 0 Å². The van der Waals surface area contributed by atoms with Gasteiger partial charge in [0, 0.05) is 44.3 Å². The van der Waals surface area contributed by atoms with E-state index in [4.69, 9.17) is 21.1 Å². The van der Waals surface area contributed by atoms with Crippen LogP contribution in [0.25, 0.3) is 0 Å². The number of hydrogen-bond donors (Lipinski definition) is 0. The number of nitrogens with zero attached hydrogens (tertiary/aromatic N) is 2. The fraction of sp³-hybridized carbons (Fsp3) is 0.368. The van der Waals surface area contributed by atoms with Gasteiger partial charge in [0.05, 0.1) is 0 Å². The van der Waals surface area contributed by atoms with E-state index in [1.165, 1.54) is 11.1 Å². The SMILES string of the molecule is Clc1cccc(CN2CCN(Cc3ccc4c(c3)OCO4)CC2)c1. The number of piperazine rings is 1. The minimum Gasteiger partial charge on any atom is -0.454 e. The molecule has 0 N–H and O–H groups in total. The Morgan fingerprint density at radius 3 is 2.17 bits per heavy atom. The molecule has 126 valence electrons. The highest BCUT2D eigenvalue weighted by molar-refractivity contribution is 6.30. The average Bonchev–Trinajstić information content (AvgIpc) is 3.04. The van der Waals surface area contributed by atoms with Gasteiger partial charge in [-0.05, 0) is 35.4 Å². The zero-order chi connectivity index (χ0) is 16.4. The molecule has 2 aromatic carbocycles. The third kappa shape index (κ3) is 3.66. The van der Waals surface area contributed by atoms with Crippen LogP contribution in [0.5, 0.6) is 11.5 Å². The number of rotatable bonds is 4. The summed E-state index contributed by atoms with van der Waals surface area (Å²) in [6.45, 7) is 6.58. The van der Waals surface area contributed by atoms with E-state index >= 15 is 0 Å². The molecule has 0 spiro atoms. The van der Waals surface area contributed by atoms with Crippen LogP contribution < -0.4 is 9.47 Å². The predicted octanol–water partition coefficient (Wildman–Crippen LogP) is 3.39. The minimum absolute atomic E-state index is 0.334. The summed E-state index contributed by atoms with van der Waals surface area (Å²) in [4.78, 5) is 4.98. The molecular formula is C19H21ClN2O2. The monoisotopic (exact) mass is 344 g/mol. The number of benzene rings is 2. The van der Waals surface area contributed by atoms with Crippen molar-refractivity contribution in [1.82, 2.24) is 9.80 Å². The van der Waals surface area contributed by atoms with Crippen LogP contribution in [-0.2, 0) is 13.1 Å². The van der Waals surface area contributed by atoms with Gasteiger partial charge in [-0.2, -0.15) is 0 Å². The molecule has 2 aromatic rings. The second kappa shape index (κ2) is 7.01. The number of halogens is 1. The molecule has 2 heterocycles. The molecule has 5 heteroatoms. The van der Waals surface area contributed by atoms with Gasteiger partial charge in [-0.25, -0.2) is 0 Å². The molecule has 0 radical (unpaired) electrons. The summed E-state index contributed by atoms with van der Waals surface area (Å²) in [5.74, 6) is 1.72. The van der Waals surface area contributed by atoms with E-state index in [2.05, 4.69) is 34.1 Å². The Labute approximate surface area is 147 Å². The standard InChI is InChI=1S/C19H21ClN2O2/c20-17-3-1-2-15(10-17)12-21-6-8-22(9-7-21)13-16-4-5-18-19(11-16)24-14-23-18/h1-5,10-11H,6-9,12-14H2. The number of hydrogen-bond acceptors (Lipinski definition) is 4. The largest absolute Gasteiger partial charge is 0.454 e. The van der Waals surface area contributed by atoms with Crippen molar-refractivity contribution in [2.45, 2.75) is 13.1 Å². The first kappa shape index (κ1) is 15.8. The van der Waals surface area contributed by atoms with Crippen molar-refractivity contribution < 1.29 is 9.47 Å². The molecule has 24 heavy (non-hydrogen) atoms. The summed E-state index contributed by atoms with van der Waals surface area (Å²) in [7, 11) is 0. The van der Waals surface area contributed by atoms with Gasteiger partial charge in [-0.1, -0.05) is 29.8 Å². The van der Waals surface area contributed by atoms with Crippen LogP contribution in [0.3, 0.4) is 0 Å². The third-order valence-corrected chi connectivity index (χ3v) is 4.84. The number of fused-ring (bicyclic) bond motifs is 1. The second-order valence-corrected chi connectivity index (χ2v) is 6.81. The van der Waals surface area contributed by atoms with Crippen LogP contribution >= 0.6 is 11.6 Å². The Morgan fingerprint density at radius 1 is 0.792 bits per heavy atom. The summed E-state index contributed by atoms with van der Waals surface area (Å²) in [5, 5.41) is 0.814. The quantitative estimate of drug-likeness (QED) is 0.849. The first-order valence-electron chi connectivity index (χ1n) is 8.34. The van der Waals surface area contributed by atoms with Gasteiger partial charge in [0.15, 0.2) is 11.5 Å². The van der Waals surface area contributed by atoms with Gasteiger partial charge in [-0.3, -0.25) is 9.80 Å². The fourth-order valence-corrected chi connectivity index (χ4v) is 3.51. The summed E-state index contributed by atoms with van der Waals surface area (Å²) >= 11 is 6.07. The van der Waals surface area contributed by atoms with Crippen LogP contribution in [0.15, 0.2) is 42.5 Å². The van der Waals surface area contributed by atoms with E-state index in [9.17, 15) is 0 Å². The second-order valence-electron chi connectivity index (χ2n) is 6.37. The highest BCUT2D eigenvalue weighted by atomic mass is 35.5. The Bertz CT molecular complexity index is 714. The van der Waals surface area contributed by atoms with Crippen molar-refractivity contribution in [1.29, 1.82) is 0 Å². The first-order valence-corrected chi connectivity index (χ1v) is 8.72. The first-order chi connectivity index (χ1) is 11.8. The zero-order valence-corrected chi connectivity index (χ0v) is 14.3. The maximum atomic E-state index is 6.07. The zero-order valence-electron chi connectivity index (χ0n) is 13.6. The lowest BCUT2D eigenvalue weighted by Gasteiger charge is -2.34. The highest BCUT2D eigenvalue weighted by Crippen LogP contribution is 2.32. The molecule has 0 aliphatic carbocycles. The Kier molecular flexibility index (Phi) is 4.60. The topological polar surface area (TPSA) is 24.9 Å². The summed E-state index contributed by atoms with van der Waals surface area (Å²) in [5.41, 5.74) is 2.56. The van der Waals surface area contributed by atoms with E-state index in [1.807, 2.05) is 18.2 Å². The van der Waals surface area contributed by atoms with Gasteiger partial charge in [-0.15, -0.1) is 0 Å². The normalized spacial score (nSPS) is 18.0. The predicted molar refractivity (Wildman–Crippen MR) is 94.6 cm³/mol. The van der Waals surface area contributed by atoms with Crippen molar-refractivity contribution >= 4 is 11.6 Å². The van der Waals surface area contributed by atoms with E-state index < -0.39 is 0 Å². The van der Waals surface area contributed by atoms with Crippen LogP contribution in [0.4, 0.5) is 0 Å². The molecule has 0 bridgehead atoms. The summed E-state index contributed by atoms with van der Waals surface area (Å²) in [6, 6.07) is 14.4. The van der Waals surface area contributed by atoms with Crippen LogP contribution in [0, 0.1) is 0 Å². The van der Waals surface area contributed by atoms with Gasteiger partial charge in [0.2, 0.25) is 6.79 Å². The fourth-order valence-electron chi connectivity index (χ4n) is 3.30. The molecule has 0 unspecified atom stereocenters. The summed E-state index contributed by atoms with van der Waals surface area (Å²) < 4.78 is 10.8. The smallest absolute Gasteiger partial charge is 0.231 e. The minimum atomic E-state index is 0.334. The Balaban J connectivity index is 1.30. The molecular weight excluding hydrogens is 324 g/mol. The molecule has 2 aliphatic rings. The van der Waals surface area contributed by atoms with Crippen molar-refractivity contribution in [3.63, 3.8) is 0 Å². The molecule has 4 nitrogen and oxygen atoms in total. The molecule has 2 aliphatic heterocycles. The van der Waals surface area contributed by atoms with Gasteiger partial charge in [0.1, 0.15) is 0 Å². The van der Waals surface area contributed by atoms with E-state index in [1.54, 1.807) is 0 Å². The lowest BCUT2D eigenvalue weighted by molar-refractivity contribution is 0.122. The molecule has 0 saturated carbocycles. The van der Waals surface area contributed by atoms with Crippen molar-refractivity contribution in [3.8, 4) is 11.5 Å². The van der Waals surface area contributed by atoms with Gasteiger partial charge < -0.3 is 9.47 Å². The highest BCUT2D eigenvalue weighted by Gasteiger charge is 2.19. The van der Waals surface area contributed by atoms with Crippen molar-refractivity contribution in [2.24, 2.45) is 0 Å². The van der Waals surface area contributed by atoms with Crippen molar-refractivity contribution in [2.75, 3.05) is 33.0 Å². The molecule has 1 saturated heterocycles. The van der Waals surface area contributed by atoms with Crippen LogP contribution in [-0.4, -0.2) is 42.8 Å². The third-order valence-electron chi connectivity index (χ3n) is 4.60. The van der Waals surface area contributed by atoms with E-state index in [0.29, 0.717) is 6.79 Å². The molecule has 0 atom stereocenters. The Morgan fingerprint density at radius 2 is 1.46 bits per heavy atom. The molecule has 0 amide bonds. The average molecular weight is 345 g/mol. The van der Waals surface area contributed by atoms with Gasteiger partial charge in [0.25, 0.3) is 0 Å². The molecule has 0 aromatic heterocycles. The van der Waals surface area contributed by atoms with Crippen LogP contribution in [0.1, 0.15) is 11.1 Å². The van der Waals surface area contributed by atoms with E-state index in [0.717, 1.165) is 55.8 Å². The molecule has 4 rings (SSSR count). The Hall–Kier alpha value is -1.75. The molecule has 1 fully saturated rings. The lowest BCUT2D eigenvalue weighted by Crippen LogP contribution is -2.45. The van der Waals surface area contributed by atoms with Crippen LogP contribution in [0.2, 0.25) is 5.02 Å². The number of ether oxygens (including phenoxy) is 2. The maximum absolute atomic E-state index is 6.07. The van der Waals surface area contributed by atoms with Crippen molar-refractivity contribution in [3.05, 3.63) is 58.6 Å². The maximum Gasteiger partial charge on any atom is 0.231 e. The lowest BCUT2D eigenvalue weighted by atomic mass is 10.1. The summed E-state index contributed by atoms with van der Waals surface area (Å²) in [6.07, 6.45) is 0.